The molecule has 0 radical (unpaired) electrons. The van der Waals surface area contributed by atoms with E-state index in [2.05, 4.69) is 26.0 Å². The number of piperidine rings is 1. The lowest BCUT2D eigenvalue weighted by molar-refractivity contribution is 0.0987. The molecule has 1 unspecified atom stereocenters. The minimum atomic E-state index is -3.63. The Morgan fingerprint density at radius 1 is 1.11 bits per heavy atom. The molecule has 2 heterocycles. The van der Waals surface area contributed by atoms with Gasteiger partial charge in [0.25, 0.3) is 5.91 Å². The highest BCUT2D eigenvalue weighted by atomic mass is 79.9. The molecule has 0 saturated carbocycles. The maximum absolute atomic E-state index is 13.7. The first-order valence-corrected chi connectivity index (χ1v) is 15.4. The van der Waals surface area contributed by atoms with Gasteiger partial charge in [0.15, 0.2) is 0 Å². The summed E-state index contributed by atoms with van der Waals surface area (Å²) in [6, 6.07) is 19.6. The molecular weight excluding hydrogens is 584 g/mol. The van der Waals surface area contributed by atoms with Gasteiger partial charge in [-0.25, -0.2) is 13.4 Å². The zero-order valence-corrected chi connectivity index (χ0v) is 24.3. The van der Waals surface area contributed by atoms with Gasteiger partial charge in [-0.3, -0.25) is 4.79 Å². The number of hydrazone groups is 1. The van der Waals surface area contributed by atoms with Crippen LogP contribution in [0.3, 0.4) is 0 Å². The zero-order valence-electron chi connectivity index (χ0n) is 21.0. The number of aryl methyl sites for hydroxylation is 1. The Labute approximate surface area is 235 Å². The second kappa shape index (κ2) is 11.1. The van der Waals surface area contributed by atoms with Gasteiger partial charge in [0.2, 0.25) is 15.2 Å². The number of amides is 1. The average Bonchev–Trinajstić information content (AvgIpc) is 3.32. The summed E-state index contributed by atoms with van der Waals surface area (Å²) in [6.07, 6.45) is 4.34. The Hall–Kier alpha value is -2.92. The van der Waals surface area contributed by atoms with Crippen LogP contribution in [-0.2, 0) is 10.0 Å². The van der Waals surface area contributed by atoms with Gasteiger partial charge in [0.05, 0.1) is 21.3 Å². The van der Waals surface area contributed by atoms with Crippen molar-refractivity contribution in [3.05, 3.63) is 87.9 Å². The molecule has 3 aromatic carbocycles. The molecule has 0 bridgehead atoms. The van der Waals surface area contributed by atoms with Crippen LogP contribution in [0.4, 0.5) is 5.13 Å². The number of fused-ring (bicyclic) bond motifs is 1. The topological polar surface area (TPSA) is 82.9 Å². The number of thiazole rings is 1. The summed E-state index contributed by atoms with van der Waals surface area (Å²) in [5, 5.41) is 6.22. The van der Waals surface area contributed by atoms with Gasteiger partial charge in [-0.05, 0) is 86.3 Å². The predicted molar refractivity (Wildman–Crippen MR) is 157 cm³/mol. The van der Waals surface area contributed by atoms with Crippen molar-refractivity contribution < 1.29 is 13.2 Å². The highest BCUT2D eigenvalue weighted by Crippen LogP contribution is 2.31. The maximum atomic E-state index is 13.7. The summed E-state index contributed by atoms with van der Waals surface area (Å²) in [5.41, 5.74) is 3.02. The van der Waals surface area contributed by atoms with Crippen molar-refractivity contribution in [1.82, 2.24) is 9.29 Å². The van der Waals surface area contributed by atoms with Gasteiger partial charge in [0, 0.05) is 22.6 Å². The first-order valence-electron chi connectivity index (χ1n) is 12.4. The van der Waals surface area contributed by atoms with Gasteiger partial charge in [-0.2, -0.15) is 14.4 Å². The SMILES string of the molecule is Cc1ccc2nc(N(/N=C/c3ccc(Br)cc3)C(=O)c3ccc(S(=O)(=O)N4CCCCC4C)cc3)sc2c1. The van der Waals surface area contributed by atoms with Crippen LogP contribution in [0.25, 0.3) is 10.2 Å². The molecule has 1 aliphatic rings. The quantitative estimate of drug-likeness (QED) is 0.182. The first-order chi connectivity index (χ1) is 18.2. The van der Waals surface area contributed by atoms with E-state index in [0.29, 0.717) is 17.2 Å². The monoisotopic (exact) mass is 610 g/mol. The Balaban J connectivity index is 1.48. The van der Waals surface area contributed by atoms with E-state index in [9.17, 15) is 13.2 Å². The van der Waals surface area contributed by atoms with Crippen molar-refractivity contribution >= 4 is 64.8 Å². The molecule has 1 atom stereocenters. The van der Waals surface area contributed by atoms with E-state index in [1.165, 1.54) is 28.5 Å². The van der Waals surface area contributed by atoms with Crippen molar-refractivity contribution in [3.8, 4) is 0 Å². The molecule has 38 heavy (non-hydrogen) atoms. The van der Waals surface area contributed by atoms with Crippen LogP contribution in [-0.4, -0.2) is 42.4 Å². The standard InChI is InChI=1S/C28H27BrN4O3S2/c1-19-6-15-25-26(17-19)37-28(31-25)33(30-18-21-7-11-23(29)12-8-21)27(34)22-9-13-24(14-10-22)38(35,36)32-16-4-3-5-20(32)2/h6-15,17-18,20H,3-5,16H2,1-2H3/b30-18+. The third-order valence-electron chi connectivity index (χ3n) is 6.55. The number of hydrogen-bond acceptors (Lipinski definition) is 6. The molecule has 10 heteroatoms. The van der Waals surface area contributed by atoms with Crippen molar-refractivity contribution in [1.29, 1.82) is 0 Å². The predicted octanol–water partition coefficient (Wildman–Crippen LogP) is 6.61. The number of aromatic nitrogens is 1. The minimum absolute atomic E-state index is 0.0406. The van der Waals surface area contributed by atoms with E-state index in [-0.39, 0.29) is 10.9 Å². The highest BCUT2D eigenvalue weighted by molar-refractivity contribution is 9.10. The second-order valence-electron chi connectivity index (χ2n) is 9.37. The molecule has 1 aromatic heterocycles. The molecule has 196 valence electrons. The molecule has 1 aliphatic heterocycles. The van der Waals surface area contributed by atoms with Crippen LogP contribution >= 0.6 is 27.3 Å². The van der Waals surface area contributed by atoms with Crippen LogP contribution in [0.2, 0.25) is 0 Å². The molecule has 0 spiro atoms. The number of halogens is 1. The largest absolute Gasteiger partial charge is 0.280 e. The molecule has 1 amide bonds. The number of nitrogens with zero attached hydrogens (tertiary/aromatic N) is 4. The third-order valence-corrected chi connectivity index (χ3v) is 10.1. The van der Waals surface area contributed by atoms with E-state index in [0.717, 1.165) is 45.1 Å². The minimum Gasteiger partial charge on any atom is -0.267 e. The fourth-order valence-electron chi connectivity index (χ4n) is 4.43. The third kappa shape index (κ3) is 5.58. The van der Waals surface area contributed by atoms with Gasteiger partial charge in [0.1, 0.15) is 0 Å². The molecule has 0 N–H and O–H groups in total. The van der Waals surface area contributed by atoms with Crippen molar-refractivity contribution in [2.24, 2.45) is 5.10 Å². The molecule has 1 fully saturated rings. The Morgan fingerprint density at radius 3 is 2.55 bits per heavy atom. The van der Waals surface area contributed by atoms with Crippen LogP contribution < -0.4 is 5.01 Å². The van der Waals surface area contributed by atoms with Gasteiger partial charge in [-0.15, -0.1) is 0 Å². The molecule has 4 aromatic rings. The number of hydrogen-bond donors (Lipinski definition) is 0. The molecule has 0 aliphatic carbocycles. The van der Waals surface area contributed by atoms with Crippen molar-refractivity contribution in [2.45, 2.75) is 44.0 Å². The highest BCUT2D eigenvalue weighted by Gasteiger charge is 2.31. The zero-order chi connectivity index (χ0) is 26.9. The number of carbonyl (C=O) groups is 1. The normalized spacial score (nSPS) is 16.8. The van der Waals surface area contributed by atoms with Crippen LogP contribution in [0, 0.1) is 6.92 Å². The van der Waals surface area contributed by atoms with Crippen molar-refractivity contribution in [3.63, 3.8) is 0 Å². The summed E-state index contributed by atoms with van der Waals surface area (Å²) in [4.78, 5) is 18.5. The molecule has 1 saturated heterocycles. The number of anilines is 1. The van der Waals surface area contributed by atoms with Gasteiger partial charge >= 0.3 is 0 Å². The fraction of sp³-hybridized carbons (Fsp3) is 0.250. The van der Waals surface area contributed by atoms with E-state index >= 15 is 0 Å². The summed E-state index contributed by atoms with van der Waals surface area (Å²) < 4.78 is 29.9. The van der Waals surface area contributed by atoms with Crippen LogP contribution in [0.5, 0.6) is 0 Å². The van der Waals surface area contributed by atoms with Gasteiger partial charge < -0.3 is 0 Å². The van der Waals surface area contributed by atoms with E-state index in [4.69, 9.17) is 0 Å². The molecule has 5 rings (SSSR count). The molecular formula is C28H27BrN4O3S2. The number of rotatable bonds is 6. The number of sulfonamides is 1. The Bertz CT molecular complexity index is 1600. The smallest absolute Gasteiger partial charge is 0.267 e. The summed E-state index contributed by atoms with van der Waals surface area (Å²) >= 11 is 4.80. The lowest BCUT2D eigenvalue weighted by Crippen LogP contribution is -2.41. The average molecular weight is 612 g/mol. The Kier molecular flexibility index (Phi) is 7.76. The second-order valence-corrected chi connectivity index (χ2v) is 13.2. The van der Waals surface area contributed by atoms with Crippen molar-refractivity contribution in [2.75, 3.05) is 11.6 Å². The summed E-state index contributed by atoms with van der Waals surface area (Å²) in [7, 11) is -3.63. The van der Waals surface area contributed by atoms with Gasteiger partial charge in [-0.1, -0.05) is 51.9 Å². The Morgan fingerprint density at radius 2 is 1.84 bits per heavy atom. The fourth-order valence-corrected chi connectivity index (χ4v) is 7.41. The van der Waals surface area contributed by atoms with Crippen LogP contribution in [0.1, 0.15) is 47.7 Å². The lowest BCUT2D eigenvalue weighted by Gasteiger charge is -2.32. The summed E-state index contributed by atoms with van der Waals surface area (Å²) in [6.45, 7) is 4.46. The van der Waals surface area contributed by atoms with Crippen LogP contribution in [0.15, 0.2) is 81.2 Å². The lowest BCUT2D eigenvalue weighted by atomic mass is 10.1. The van der Waals surface area contributed by atoms with E-state index < -0.39 is 15.9 Å². The van der Waals surface area contributed by atoms with E-state index in [1.807, 2.05) is 56.3 Å². The summed E-state index contributed by atoms with van der Waals surface area (Å²) in [5.74, 6) is -0.399. The number of benzene rings is 3. The number of carbonyl (C=O) groups excluding carboxylic acids is 1. The first kappa shape index (κ1) is 26.7. The molecule has 7 nitrogen and oxygen atoms in total. The maximum Gasteiger partial charge on any atom is 0.280 e. The van der Waals surface area contributed by atoms with E-state index in [1.54, 1.807) is 22.7 Å².